The smallest absolute Gasteiger partial charge is 0.133 e. The summed E-state index contributed by atoms with van der Waals surface area (Å²) in [5.41, 5.74) is 8.02. The van der Waals surface area contributed by atoms with Gasteiger partial charge in [0.05, 0.1) is 10.6 Å². The molecule has 0 unspecified atom stereocenters. The van der Waals surface area contributed by atoms with E-state index in [9.17, 15) is 0 Å². The molecule has 6 heteroatoms. The van der Waals surface area contributed by atoms with Gasteiger partial charge in [0.2, 0.25) is 0 Å². The average Bonchev–Trinajstić information content (AvgIpc) is 3.12. The van der Waals surface area contributed by atoms with Crippen molar-refractivity contribution in [3.63, 3.8) is 0 Å². The van der Waals surface area contributed by atoms with E-state index < -0.39 is 0 Å². The third-order valence-electron chi connectivity index (χ3n) is 3.08. The van der Waals surface area contributed by atoms with Gasteiger partial charge in [0.25, 0.3) is 0 Å². The summed E-state index contributed by atoms with van der Waals surface area (Å²) in [5.74, 6) is 0.599. The molecule has 3 aromatic heterocycles. The number of hydrogen-bond donors (Lipinski definition) is 1. The molecule has 3 aromatic rings. The Morgan fingerprint density at radius 3 is 2.86 bits per heavy atom. The molecule has 0 saturated heterocycles. The van der Waals surface area contributed by atoms with Gasteiger partial charge in [0.15, 0.2) is 0 Å². The molecule has 0 radical (unpaired) electrons. The van der Waals surface area contributed by atoms with Crippen molar-refractivity contribution < 1.29 is 0 Å². The molecular formula is C15H16N4S2. The van der Waals surface area contributed by atoms with E-state index >= 15 is 0 Å². The predicted molar refractivity (Wildman–Crippen MR) is 89.2 cm³/mol. The van der Waals surface area contributed by atoms with Gasteiger partial charge < -0.3 is 5.73 Å². The van der Waals surface area contributed by atoms with Gasteiger partial charge in [-0.2, -0.15) is 0 Å². The highest BCUT2D eigenvalue weighted by atomic mass is 32.1. The van der Waals surface area contributed by atoms with Crippen LogP contribution in [0.25, 0.3) is 9.88 Å². The van der Waals surface area contributed by atoms with Crippen molar-refractivity contribution in [2.24, 2.45) is 0 Å². The maximum Gasteiger partial charge on any atom is 0.133 e. The van der Waals surface area contributed by atoms with Crippen LogP contribution in [0, 0.1) is 0 Å². The molecule has 0 atom stereocenters. The molecule has 0 amide bonds. The average molecular weight is 316 g/mol. The summed E-state index contributed by atoms with van der Waals surface area (Å²) in [7, 11) is 2.07. The van der Waals surface area contributed by atoms with Crippen molar-refractivity contribution in [3.8, 4) is 9.88 Å². The Balaban J connectivity index is 1.65. The molecule has 0 bridgehead atoms. The van der Waals surface area contributed by atoms with Crippen molar-refractivity contribution in [2.45, 2.75) is 13.1 Å². The zero-order valence-electron chi connectivity index (χ0n) is 11.7. The first-order valence-corrected chi connectivity index (χ1v) is 8.34. The topological polar surface area (TPSA) is 55.0 Å². The maximum atomic E-state index is 5.88. The molecular weight excluding hydrogens is 300 g/mol. The van der Waals surface area contributed by atoms with E-state index in [1.165, 1.54) is 4.88 Å². The van der Waals surface area contributed by atoms with E-state index in [4.69, 9.17) is 10.7 Å². The fourth-order valence-electron chi connectivity index (χ4n) is 2.10. The number of anilines is 1. The van der Waals surface area contributed by atoms with Gasteiger partial charge in [-0.25, -0.2) is 9.97 Å². The normalized spacial score (nSPS) is 11.1. The molecule has 3 rings (SSSR count). The molecule has 108 valence electrons. The Morgan fingerprint density at radius 1 is 1.19 bits per heavy atom. The van der Waals surface area contributed by atoms with Gasteiger partial charge >= 0.3 is 0 Å². The Labute approximate surface area is 131 Å². The molecule has 2 N–H and O–H groups in total. The third kappa shape index (κ3) is 3.47. The highest BCUT2D eigenvalue weighted by Gasteiger charge is 2.09. The summed E-state index contributed by atoms with van der Waals surface area (Å²) in [4.78, 5) is 12.2. The van der Waals surface area contributed by atoms with Crippen LogP contribution in [0.2, 0.25) is 0 Å². The minimum atomic E-state index is 0.599. The molecule has 0 aliphatic rings. The van der Waals surface area contributed by atoms with E-state index in [2.05, 4.69) is 39.8 Å². The van der Waals surface area contributed by atoms with Crippen molar-refractivity contribution in [1.29, 1.82) is 0 Å². The minimum absolute atomic E-state index is 0.599. The number of nitrogen functional groups attached to an aromatic ring is 1. The molecule has 3 heterocycles. The highest BCUT2D eigenvalue weighted by molar-refractivity contribution is 7.20. The van der Waals surface area contributed by atoms with Crippen LogP contribution < -0.4 is 5.73 Å². The van der Waals surface area contributed by atoms with Crippen LogP contribution in [0.15, 0.2) is 41.2 Å². The highest BCUT2D eigenvalue weighted by Crippen LogP contribution is 2.28. The second kappa shape index (κ2) is 6.34. The number of rotatable bonds is 5. The molecule has 0 aliphatic heterocycles. The van der Waals surface area contributed by atoms with Crippen LogP contribution in [0.5, 0.6) is 0 Å². The lowest BCUT2D eigenvalue weighted by atomic mass is 10.2. The first kappa shape index (κ1) is 14.2. The van der Waals surface area contributed by atoms with Crippen molar-refractivity contribution >= 4 is 28.5 Å². The van der Waals surface area contributed by atoms with Crippen molar-refractivity contribution in [3.05, 3.63) is 52.5 Å². The second-order valence-corrected chi connectivity index (χ2v) is 6.65. The van der Waals surface area contributed by atoms with Crippen LogP contribution in [0.1, 0.15) is 11.3 Å². The predicted octanol–water partition coefficient (Wildman–Crippen LogP) is 3.48. The molecule has 0 fully saturated rings. The maximum absolute atomic E-state index is 5.88. The molecule has 4 nitrogen and oxygen atoms in total. The summed E-state index contributed by atoms with van der Waals surface area (Å²) >= 11 is 3.42. The van der Waals surface area contributed by atoms with E-state index in [0.29, 0.717) is 5.82 Å². The Morgan fingerprint density at radius 2 is 2.10 bits per heavy atom. The number of nitrogens with zero attached hydrogens (tertiary/aromatic N) is 3. The fraction of sp³-hybridized carbons (Fsp3) is 0.200. The molecule has 0 saturated carbocycles. The summed E-state index contributed by atoms with van der Waals surface area (Å²) in [6.07, 6.45) is 1.71. The number of hydrogen-bond acceptors (Lipinski definition) is 6. The van der Waals surface area contributed by atoms with Gasteiger partial charge in [0, 0.05) is 30.2 Å². The minimum Gasteiger partial charge on any atom is -0.383 e. The second-order valence-electron chi connectivity index (χ2n) is 4.84. The zero-order chi connectivity index (χ0) is 14.7. The van der Waals surface area contributed by atoms with Crippen molar-refractivity contribution in [1.82, 2.24) is 14.9 Å². The molecule has 0 aliphatic carbocycles. The number of thiophene rings is 1. The molecule has 21 heavy (non-hydrogen) atoms. The van der Waals surface area contributed by atoms with E-state index in [1.54, 1.807) is 28.9 Å². The lowest BCUT2D eigenvalue weighted by Crippen LogP contribution is -2.18. The quantitative estimate of drug-likeness (QED) is 0.783. The van der Waals surface area contributed by atoms with Crippen LogP contribution in [0.3, 0.4) is 0 Å². The first-order chi connectivity index (χ1) is 10.2. The summed E-state index contributed by atoms with van der Waals surface area (Å²) in [6, 6.07) is 8.08. The van der Waals surface area contributed by atoms with E-state index in [-0.39, 0.29) is 0 Å². The fourth-order valence-corrected chi connectivity index (χ4v) is 3.73. The largest absolute Gasteiger partial charge is 0.383 e. The number of thiazole rings is 1. The molecule has 0 aromatic carbocycles. The van der Waals surface area contributed by atoms with Crippen LogP contribution >= 0.6 is 22.7 Å². The van der Waals surface area contributed by atoms with Crippen LogP contribution in [0.4, 0.5) is 5.82 Å². The Kier molecular flexibility index (Phi) is 4.28. The van der Waals surface area contributed by atoms with Gasteiger partial charge in [0.1, 0.15) is 10.8 Å². The first-order valence-electron chi connectivity index (χ1n) is 6.58. The van der Waals surface area contributed by atoms with Crippen LogP contribution in [-0.2, 0) is 13.1 Å². The summed E-state index contributed by atoms with van der Waals surface area (Å²) in [6.45, 7) is 1.57. The SMILES string of the molecule is CN(Cc1csc(-c2cccs2)n1)Cc1cccnc1N. The molecule has 0 spiro atoms. The number of aromatic nitrogens is 2. The van der Waals surface area contributed by atoms with Crippen LogP contribution in [-0.4, -0.2) is 21.9 Å². The standard InChI is InChI=1S/C15H16N4S2/c1-19(8-11-4-2-6-17-14(11)16)9-12-10-21-15(18-12)13-5-3-7-20-13/h2-7,10H,8-9H2,1H3,(H2,16,17). The van der Waals surface area contributed by atoms with Gasteiger partial charge in [-0.05, 0) is 24.6 Å². The lowest BCUT2D eigenvalue weighted by Gasteiger charge is -2.16. The van der Waals surface area contributed by atoms with Gasteiger partial charge in [-0.15, -0.1) is 22.7 Å². The lowest BCUT2D eigenvalue weighted by molar-refractivity contribution is 0.316. The zero-order valence-corrected chi connectivity index (χ0v) is 13.3. The summed E-state index contributed by atoms with van der Waals surface area (Å²) in [5, 5.41) is 5.29. The number of nitrogens with two attached hydrogens (primary N) is 1. The third-order valence-corrected chi connectivity index (χ3v) is 5.01. The Hall–Kier alpha value is -1.76. The number of pyridine rings is 1. The Bertz CT molecular complexity index is 706. The van der Waals surface area contributed by atoms with Crippen molar-refractivity contribution in [2.75, 3.05) is 12.8 Å². The van der Waals surface area contributed by atoms with Gasteiger partial charge in [-0.1, -0.05) is 12.1 Å². The van der Waals surface area contributed by atoms with E-state index in [1.807, 2.05) is 12.1 Å². The van der Waals surface area contributed by atoms with Gasteiger partial charge in [-0.3, -0.25) is 4.90 Å². The summed E-state index contributed by atoms with van der Waals surface area (Å²) < 4.78 is 0. The van der Waals surface area contributed by atoms with E-state index in [0.717, 1.165) is 29.4 Å². The monoisotopic (exact) mass is 316 g/mol.